The molecule has 2 N–H and O–H groups in total. The summed E-state index contributed by atoms with van der Waals surface area (Å²) in [4.78, 5) is 28.1. The van der Waals surface area contributed by atoms with Gasteiger partial charge in [0.1, 0.15) is 0 Å². The molecule has 0 bridgehead atoms. The molecule has 0 aliphatic carbocycles. The van der Waals surface area contributed by atoms with Crippen LogP contribution in [0.4, 0.5) is 10.5 Å². The van der Waals surface area contributed by atoms with Gasteiger partial charge in [0.15, 0.2) is 0 Å². The van der Waals surface area contributed by atoms with Crippen LogP contribution < -0.4 is 10.6 Å². The molecule has 1 aromatic heterocycles. The molecule has 0 saturated carbocycles. The number of amides is 2. The number of hydrogen-bond donors (Lipinski definition) is 2. The highest BCUT2D eigenvalue weighted by atomic mass is 32.1. The summed E-state index contributed by atoms with van der Waals surface area (Å²) in [5, 5.41) is 6.39. The topological polar surface area (TPSA) is 80.3 Å². The fourth-order valence-electron chi connectivity index (χ4n) is 1.64. The van der Waals surface area contributed by atoms with Crippen molar-refractivity contribution in [2.24, 2.45) is 0 Å². The van der Waals surface area contributed by atoms with E-state index in [1.807, 2.05) is 6.92 Å². The molecule has 0 fully saturated rings. The van der Waals surface area contributed by atoms with Gasteiger partial charge in [-0.1, -0.05) is 0 Å². The zero-order valence-corrected chi connectivity index (χ0v) is 12.5. The fourth-order valence-corrected chi connectivity index (χ4v) is 2.37. The molecular weight excluding hydrogens is 290 g/mol. The molecule has 2 rings (SSSR count). The van der Waals surface area contributed by atoms with Gasteiger partial charge in [-0.15, -0.1) is 11.3 Å². The van der Waals surface area contributed by atoms with E-state index in [0.717, 1.165) is 9.88 Å². The van der Waals surface area contributed by atoms with Crippen molar-refractivity contribution in [2.45, 2.75) is 13.5 Å². The van der Waals surface area contributed by atoms with Gasteiger partial charge in [-0.25, -0.2) is 14.6 Å². The number of nitrogens with one attached hydrogen (secondary N) is 2. The Kier molecular flexibility index (Phi) is 4.89. The number of thiazole rings is 1. The molecule has 2 amide bonds. The summed E-state index contributed by atoms with van der Waals surface area (Å²) in [7, 11) is 1.32. The smallest absolute Gasteiger partial charge is 0.337 e. The average Bonchev–Trinajstić information content (AvgIpc) is 2.91. The van der Waals surface area contributed by atoms with Gasteiger partial charge in [-0.05, 0) is 31.2 Å². The minimum Gasteiger partial charge on any atom is -0.465 e. The zero-order chi connectivity index (χ0) is 15.2. The number of benzene rings is 1. The van der Waals surface area contributed by atoms with Gasteiger partial charge in [-0.2, -0.15) is 0 Å². The number of aromatic nitrogens is 1. The van der Waals surface area contributed by atoms with E-state index in [1.165, 1.54) is 18.4 Å². The van der Waals surface area contributed by atoms with Gasteiger partial charge in [0.05, 0.1) is 24.2 Å². The van der Waals surface area contributed by atoms with Crippen LogP contribution in [0, 0.1) is 6.92 Å². The van der Waals surface area contributed by atoms with Crippen LogP contribution in [0.3, 0.4) is 0 Å². The predicted molar refractivity (Wildman–Crippen MR) is 80.5 cm³/mol. The van der Waals surface area contributed by atoms with Gasteiger partial charge < -0.3 is 15.4 Å². The van der Waals surface area contributed by atoms with Crippen molar-refractivity contribution >= 4 is 29.0 Å². The van der Waals surface area contributed by atoms with Crippen LogP contribution in [0.1, 0.15) is 20.2 Å². The Morgan fingerprint density at radius 1 is 1.29 bits per heavy atom. The quantitative estimate of drug-likeness (QED) is 0.851. The molecule has 21 heavy (non-hydrogen) atoms. The van der Waals surface area contributed by atoms with Crippen LogP contribution >= 0.6 is 11.3 Å². The van der Waals surface area contributed by atoms with Crippen molar-refractivity contribution in [3.8, 4) is 0 Å². The Morgan fingerprint density at radius 3 is 2.57 bits per heavy atom. The second-order valence-electron chi connectivity index (χ2n) is 4.22. The van der Waals surface area contributed by atoms with Crippen LogP contribution in [0.2, 0.25) is 0 Å². The molecule has 0 aliphatic rings. The second-order valence-corrected chi connectivity index (χ2v) is 5.54. The van der Waals surface area contributed by atoms with Crippen LogP contribution in [-0.4, -0.2) is 24.1 Å². The standard InChI is InChI=1S/C14H15N3O3S/c1-9-15-7-12(21-9)8-16-14(19)17-11-5-3-10(4-6-11)13(18)20-2/h3-7H,8H2,1-2H3,(H2,16,17,19). The zero-order valence-electron chi connectivity index (χ0n) is 11.7. The molecule has 0 atom stereocenters. The number of carbonyl (C=O) groups is 2. The van der Waals surface area contributed by atoms with Gasteiger partial charge in [0.25, 0.3) is 0 Å². The molecule has 0 unspecified atom stereocenters. The normalized spacial score (nSPS) is 10.0. The molecule has 1 heterocycles. The van der Waals surface area contributed by atoms with Crippen molar-refractivity contribution < 1.29 is 14.3 Å². The maximum Gasteiger partial charge on any atom is 0.337 e. The third-order valence-electron chi connectivity index (χ3n) is 2.66. The average molecular weight is 305 g/mol. The fraction of sp³-hybridized carbons (Fsp3) is 0.214. The summed E-state index contributed by atoms with van der Waals surface area (Å²) in [6, 6.07) is 6.15. The van der Waals surface area contributed by atoms with Crippen LogP contribution in [-0.2, 0) is 11.3 Å². The van der Waals surface area contributed by atoms with Gasteiger partial charge in [0, 0.05) is 16.8 Å². The van der Waals surface area contributed by atoms with Crippen LogP contribution in [0.15, 0.2) is 30.5 Å². The molecule has 1 aromatic carbocycles. The molecule has 110 valence electrons. The predicted octanol–water partition coefficient (Wildman–Crippen LogP) is 2.56. The number of ether oxygens (including phenoxy) is 1. The number of urea groups is 1. The first-order valence-corrected chi connectivity index (χ1v) is 7.04. The SMILES string of the molecule is COC(=O)c1ccc(NC(=O)NCc2cnc(C)s2)cc1. The number of esters is 1. The number of carbonyl (C=O) groups excluding carboxylic acids is 2. The first-order chi connectivity index (χ1) is 10.1. The van der Waals surface area contributed by atoms with Crippen molar-refractivity contribution in [2.75, 3.05) is 12.4 Å². The summed E-state index contributed by atoms with van der Waals surface area (Å²) in [6.07, 6.45) is 1.74. The van der Waals surface area contributed by atoms with Crippen LogP contribution in [0.25, 0.3) is 0 Å². The van der Waals surface area contributed by atoms with Crippen molar-refractivity contribution in [3.05, 3.63) is 45.9 Å². The van der Waals surface area contributed by atoms with E-state index in [0.29, 0.717) is 17.8 Å². The number of nitrogens with zero attached hydrogens (tertiary/aromatic N) is 1. The highest BCUT2D eigenvalue weighted by molar-refractivity contribution is 7.11. The highest BCUT2D eigenvalue weighted by Gasteiger charge is 2.06. The molecule has 0 saturated heterocycles. The maximum absolute atomic E-state index is 11.7. The molecule has 2 aromatic rings. The second kappa shape index (κ2) is 6.85. The molecule has 7 heteroatoms. The number of rotatable bonds is 4. The minimum absolute atomic E-state index is 0.313. The molecule has 0 aliphatic heterocycles. The highest BCUT2D eigenvalue weighted by Crippen LogP contribution is 2.12. The Hall–Kier alpha value is -2.41. The van der Waals surface area contributed by atoms with Crippen molar-refractivity contribution in [1.82, 2.24) is 10.3 Å². The third kappa shape index (κ3) is 4.28. The monoisotopic (exact) mass is 305 g/mol. The number of aryl methyl sites for hydroxylation is 1. The van der Waals surface area contributed by atoms with E-state index in [2.05, 4.69) is 20.4 Å². The molecule has 6 nitrogen and oxygen atoms in total. The first kappa shape index (κ1) is 15.0. The summed E-state index contributed by atoms with van der Waals surface area (Å²) in [6.45, 7) is 2.34. The Labute approximate surface area is 126 Å². The lowest BCUT2D eigenvalue weighted by atomic mass is 10.2. The van der Waals surface area contributed by atoms with Crippen LogP contribution in [0.5, 0.6) is 0 Å². The lowest BCUT2D eigenvalue weighted by Crippen LogP contribution is -2.27. The Balaban J connectivity index is 1.86. The Morgan fingerprint density at radius 2 is 2.00 bits per heavy atom. The van der Waals surface area contributed by atoms with E-state index in [4.69, 9.17) is 0 Å². The number of anilines is 1. The summed E-state index contributed by atoms with van der Waals surface area (Å²) in [5.41, 5.74) is 1.03. The Bertz CT molecular complexity index is 637. The summed E-state index contributed by atoms with van der Waals surface area (Å²) < 4.78 is 4.60. The lowest BCUT2D eigenvalue weighted by molar-refractivity contribution is 0.0601. The lowest BCUT2D eigenvalue weighted by Gasteiger charge is -2.07. The minimum atomic E-state index is -0.411. The number of hydrogen-bond acceptors (Lipinski definition) is 5. The van der Waals surface area contributed by atoms with E-state index < -0.39 is 5.97 Å². The number of methoxy groups -OCH3 is 1. The molecular formula is C14H15N3O3S. The third-order valence-corrected chi connectivity index (χ3v) is 3.57. The summed E-state index contributed by atoms with van der Waals surface area (Å²) in [5.74, 6) is -0.411. The maximum atomic E-state index is 11.7. The van der Waals surface area contributed by atoms with Crippen molar-refractivity contribution in [1.29, 1.82) is 0 Å². The van der Waals surface area contributed by atoms with Gasteiger partial charge >= 0.3 is 12.0 Å². The summed E-state index contributed by atoms with van der Waals surface area (Å²) >= 11 is 1.54. The first-order valence-electron chi connectivity index (χ1n) is 6.23. The van der Waals surface area contributed by atoms with E-state index in [9.17, 15) is 9.59 Å². The van der Waals surface area contributed by atoms with E-state index in [-0.39, 0.29) is 6.03 Å². The van der Waals surface area contributed by atoms with Crippen molar-refractivity contribution in [3.63, 3.8) is 0 Å². The van der Waals surface area contributed by atoms with Gasteiger partial charge in [-0.3, -0.25) is 0 Å². The largest absolute Gasteiger partial charge is 0.465 e. The van der Waals surface area contributed by atoms with Gasteiger partial charge in [0.2, 0.25) is 0 Å². The van der Waals surface area contributed by atoms with E-state index >= 15 is 0 Å². The molecule has 0 radical (unpaired) electrons. The molecule has 0 spiro atoms. The van der Waals surface area contributed by atoms with E-state index in [1.54, 1.807) is 30.5 Å².